The zero-order valence-corrected chi connectivity index (χ0v) is 20.6. The standard InChI is InChI=1S/C25H26ClF3N4OS/c26-16-5-6-18(21-3-1-2-12-33(21)17-8-10-30-11-9-17)19(14-16)23(34)32-24-31-20-7-4-15(25(27,28)29)13-22(20)35-24/h4-7,13-14,17,21,30H,1-3,8-12H2,(H,31,32,34). The van der Waals surface area contributed by atoms with Crippen LogP contribution in [-0.4, -0.2) is 41.5 Å². The van der Waals surface area contributed by atoms with Crippen molar-refractivity contribution in [3.8, 4) is 0 Å². The van der Waals surface area contributed by atoms with Gasteiger partial charge in [-0.2, -0.15) is 13.2 Å². The maximum Gasteiger partial charge on any atom is 0.416 e. The molecule has 3 aromatic rings. The highest BCUT2D eigenvalue weighted by molar-refractivity contribution is 7.22. The first-order valence-electron chi connectivity index (χ1n) is 11.8. The molecule has 2 N–H and O–H groups in total. The number of hydrogen-bond donors (Lipinski definition) is 2. The van der Waals surface area contributed by atoms with Crippen molar-refractivity contribution in [1.82, 2.24) is 15.2 Å². The van der Waals surface area contributed by atoms with Gasteiger partial charge >= 0.3 is 6.18 Å². The van der Waals surface area contributed by atoms with Gasteiger partial charge in [0, 0.05) is 22.7 Å². The molecule has 2 aliphatic rings. The number of alkyl halides is 3. The molecule has 0 saturated carbocycles. The quantitative estimate of drug-likeness (QED) is 0.410. The molecule has 0 aliphatic carbocycles. The molecule has 5 rings (SSSR count). The molecule has 0 spiro atoms. The molecule has 10 heteroatoms. The van der Waals surface area contributed by atoms with Crippen LogP contribution in [0.5, 0.6) is 0 Å². The molecule has 186 valence electrons. The zero-order valence-electron chi connectivity index (χ0n) is 19.0. The molecule has 1 amide bonds. The molecule has 2 aromatic carbocycles. The Kier molecular flexibility index (Phi) is 7.03. The normalized spacial score (nSPS) is 20.3. The van der Waals surface area contributed by atoms with Gasteiger partial charge < -0.3 is 5.32 Å². The first-order chi connectivity index (χ1) is 16.8. The largest absolute Gasteiger partial charge is 0.416 e. The number of carbonyl (C=O) groups is 1. The number of rotatable bonds is 4. The lowest BCUT2D eigenvalue weighted by Gasteiger charge is -2.43. The van der Waals surface area contributed by atoms with Crippen LogP contribution in [0.15, 0.2) is 36.4 Å². The van der Waals surface area contributed by atoms with E-state index in [1.807, 2.05) is 12.1 Å². The summed E-state index contributed by atoms with van der Waals surface area (Å²) in [6, 6.07) is 9.42. The molecule has 35 heavy (non-hydrogen) atoms. The fraction of sp³-hybridized carbons (Fsp3) is 0.440. The second-order valence-electron chi connectivity index (χ2n) is 9.12. The van der Waals surface area contributed by atoms with Gasteiger partial charge in [0.25, 0.3) is 5.91 Å². The summed E-state index contributed by atoms with van der Waals surface area (Å²) in [5.74, 6) is -0.353. The van der Waals surface area contributed by atoms with E-state index in [1.54, 1.807) is 6.07 Å². The maximum atomic E-state index is 13.4. The van der Waals surface area contributed by atoms with Gasteiger partial charge in [-0.15, -0.1) is 0 Å². The van der Waals surface area contributed by atoms with E-state index in [0.717, 1.165) is 80.8 Å². The monoisotopic (exact) mass is 522 g/mol. The smallest absolute Gasteiger partial charge is 0.317 e. The van der Waals surface area contributed by atoms with Crippen LogP contribution in [0.3, 0.4) is 0 Å². The van der Waals surface area contributed by atoms with Crippen LogP contribution < -0.4 is 10.6 Å². The van der Waals surface area contributed by atoms with Crippen molar-refractivity contribution in [2.75, 3.05) is 25.0 Å². The minimum atomic E-state index is -4.43. The summed E-state index contributed by atoms with van der Waals surface area (Å²) < 4.78 is 39.6. The molecule has 2 saturated heterocycles. The van der Waals surface area contributed by atoms with Crippen LogP contribution in [0.2, 0.25) is 5.02 Å². The first kappa shape index (κ1) is 24.5. The summed E-state index contributed by atoms with van der Waals surface area (Å²) in [7, 11) is 0. The van der Waals surface area contributed by atoms with Gasteiger partial charge in [-0.05, 0) is 81.2 Å². The third kappa shape index (κ3) is 5.33. The van der Waals surface area contributed by atoms with Crippen LogP contribution in [0.4, 0.5) is 18.3 Å². The minimum absolute atomic E-state index is 0.120. The van der Waals surface area contributed by atoms with Gasteiger partial charge in [0.05, 0.1) is 15.8 Å². The lowest BCUT2D eigenvalue weighted by Crippen LogP contribution is -2.47. The maximum absolute atomic E-state index is 13.4. The lowest BCUT2D eigenvalue weighted by molar-refractivity contribution is -0.137. The number of hydrogen-bond acceptors (Lipinski definition) is 5. The Bertz CT molecular complexity index is 1230. The predicted molar refractivity (Wildman–Crippen MR) is 133 cm³/mol. The number of halogens is 4. The molecule has 1 atom stereocenters. The molecule has 0 radical (unpaired) electrons. The zero-order chi connectivity index (χ0) is 24.6. The summed E-state index contributed by atoms with van der Waals surface area (Å²) in [5, 5.41) is 6.94. The Labute approximate surface area is 210 Å². The third-order valence-electron chi connectivity index (χ3n) is 6.88. The van der Waals surface area contributed by atoms with E-state index in [-0.39, 0.29) is 17.1 Å². The second kappa shape index (κ2) is 10.0. The SMILES string of the molecule is O=C(Nc1nc2ccc(C(F)(F)F)cc2s1)c1cc(Cl)ccc1C1CCCCN1C1CCNCC1. The number of likely N-dealkylation sites (tertiary alicyclic amines) is 1. The van der Waals surface area contributed by atoms with Gasteiger partial charge in [-0.1, -0.05) is 35.4 Å². The summed E-state index contributed by atoms with van der Waals surface area (Å²) in [6.45, 7) is 2.99. The molecule has 3 heterocycles. The first-order valence-corrected chi connectivity index (χ1v) is 13.0. The summed E-state index contributed by atoms with van der Waals surface area (Å²) in [5.41, 5.74) is 1.09. The minimum Gasteiger partial charge on any atom is -0.317 e. The fourth-order valence-corrected chi connectivity index (χ4v) is 6.27. The average molecular weight is 523 g/mol. The molecule has 1 unspecified atom stereocenters. The van der Waals surface area contributed by atoms with Gasteiger partial charge in [-0.3, -0.25) is 15.0 Å². The van der Waals surface area contributed by atoms with Gasteiger partial charge in [0.2, 0.25) is 0 Å². The number of aromatic nitrogens is 1. The molecule has 0 bridgehead atoms. The van der Waals surface area contributed by atoms with Crippen molar-refractivity contribution in [2.45, 2.75) is 50.4 Å². The van der Waals surface area contributed by atoms with Crippen LogP contribution in [0, 0.1) is 0 Å². The van der Waals surface area contributed by atoms with Crippen LogP contribution in [0.1, 0.15) is 59.6 Å². The Morgan fingerprint density at radius 1 is 1.11 bits per heavy atom. The number of carbonyl (C=O) groups excluding carboxylic acids is 1. The lowest BCUT2D eigenvalue weighted by atomic mass is 9.88. The number of benzene rings is 2. The average Bonchev–Trinajstić information content (AvgIpc) is 3.25. The molecule has 2 aliphatic heterocycles. The molecule has 5 nitrogen and oxygen atoms in total. The number of piperidine rings is 2. The number of fused-ring (bicyclic) bond motifs is 1. The highest BCUT2D eigenvalue weighted by Gasteiger charge is 2.33. The highest BCUT2D eigenvalue weighted by Crippen LogP contribution is 2.38. The summed E-state index contributed by atoms with van der Waals surface area (Å²) in [4.78, 5) is 20.3. The molecule has 2 fully saturated rings. The topological polar surface area (TPSA) is 57.3 Å². The number of thiazole rings is 1. The van der Waals surface area contributed by atoms with Crippen molar-refractivity contribution in [2.24, 2.45) is 0 Å². The molecule has 1 aromatic heterocycles. The Morgan fingerprint density at radius 3 is 2.69 bits per heavy atom. The summed E-state index contributed by atoms with van der Waals surface area (Å²) >= 11 is 7.32. The highest BCUT2D eigenvalue weighted by atomic mass is 35.5. The van der Waals surface area contributed by atoms with E-state index in [1.165, 1.54) is 6.07 Å². The van der Waals surface area contributed by atoms with E-state index in [4.69, 9.17) is 11.6 Å². The number of nitrogens with zero attached hydrogens (tertiary/aromatic N) is 2. The molecular weight excluding hydrogens is 497 g/mol. The van der Waals surface area contributed by atoms with Crippen molar-refractivity contribution in [3.63, 3.8) is 0 Å². The van der Waals surface area contributed by atoms with Gasteiger partial charge in [-0.25, -0.2) is 4.98 Å². The third-order valence-corrected chi connectivity index (χ3v) is 8.05. The van der Waals surface area contributed by atoms with E-state index in [0.29, 0.717) is 26.8 Å². The Balaban J connectivity index is 1.43. The van der Waals surface area contributed by atoms with Crippen molar-refractivity contribution in [3.05, 3.63) is 58.1 Å². The molecular formula is C25H26ClF3N4OS. The van der Waals surface area contributed by atoms with Gasteiger partial charge in [0.15, 0.2) is 5.13 Å². The van der Waals surface area contributed by atoms with Gasteiger partial charge in [0.1, 0.15) is 0 Å². The number of nitrogens with one attached hydrogen (secondary N) is 2. The Morgan fingerprint density at radius 2 is 1.91 bits per heavy atom. The Hall–Kier alpha value is -2.20. The second-order valence-corrected chi connectivity index (χ2v) is 10.6. The number of anilines is 1. The van der Waals surface area contributed by atoms with Crippen molar-refractivity contribution < 1.29 is 18.0 Å². The van der Waals surface area contributed by atoms with Crippen LogP contribution in [0.25, 0.3) is 10.2 Å². The summed E-state index contributed by atoms with van der Waals surface area (Å²) in [6.07, 6.45) is 0.926. The predicted octanol–water partition coefficient (Wildman–Crippen LogP) is 6.50. The van der Waals surface area contributed by atoms with Crippen LogP contribution >= 0.6 is 22.9 Å². The van der Waals surface area contributed by atoms with Crippen molar-refractivity contribution in [1.29, 1.82) is 0 Å². The van der Waals surface area contributed by atoms with Crippen molar-refractivity contribution >= 4 is 44.2 Å². The fourth-order valence-electron chi connectivity index (χ4n) is 5.20. The van der Waals surface area contributed by atoms with E-state index in [2.05, 4.69) is 20.5 Å². The van der Waals surface area contributed by atoms with E-state index in [9.17, 15) is 18.0 Å². The number of amides is 1. The van der Waals surface area contributed by atoms with E-state index < -0.39 is 11.7 Å². The van der Waals surface area contributed by atoms with E-state index >= 15 is 0 Å². The van der Waals surface area contributed by atoms with Crippen LogP contribution in [-0.2, 0) is 6.18 Å².